The number of benzene rings is 1. The van der Waals surface area contributed by atoms with Gasteiger partial charge in [0.1, 0.15) is 11.9 Å². The summed E-state index contributed by atoms with van der Waals surface area (Å²) < 4.78 is 12.8. The van der Waals surface area contributed by atoms with E-state index in [1.165, 1.54) is 12.1 Å². The van der Waals surface area contributed by atoms with Gasteiger partial charge in [-0.2, -0.15) is 0 Å². The molecule has 0 aliphatic heterocycles. The Morgan fingerprint density at radius 1 is 1.44 bits per heavy atom. The monoisotopic (exact) mass is 254 g/mol. The summed E-state index contributed by atoms with van der Waals surface area (Å²) >= 11 is 0. The van der Waals surface area contributed by atoms with Crippen molar-refractivity contribution in [2.24, 2.45) is 0 Å². The summed E-state index contributed by atoms with van der Waals surface area (Å²) in [7, 11) is 1.63. The fraction of sp³-hybridized carbons (Fsp3) is 0.462. The van der Waals surface area contributed by atoms with Gasteiger partial charge in [0.15, 0.2) is 0 Å². The fourth-order valence-electron chi connectivity index (χ4n) is 1.80. The molecule has 1 rings (SSSR count). The first-order valence-corrected chi connectivity index (χ1v) is 5.99. The van der Waals surface area contributed by atoms with Gasteiger partial charge in [0, 0.05) is 18.8 Å². The maximum absolute atomic E-state index is 12.8. The summed E-state index contributed by atoms with van der Waals surface area (Å²) in [6.45, 7) is 3.35. The second-order valence-electron chi connectivity index (χ2n) is 4.02. The molecule has 5 heteroatoms. The number of anilines is 1. The molecule has 18 heavy (non-hydrogen) atoms. The molecule has 0 aliphatic rings. The van der Waals surface area contributed by atoms with E-state index in [1.54, 1.807) is 19.2 Å². The lowest BCUT2D eigenvalue weighted by molar-refractivity contribution is -0.139. The van der Waals surface area contributed by atoms with E-state index >= 15 is 0 Å². The zero-order chi connectivity index (χ0) is 13.5. The Bertz CT molecular complexity index is 381. The van der Waals surface area contributed by atoms with Gasteiger partial charge in [-0.3, -0.25) is 4.79 Å². The van der Waals surface area contributed by atoms with Gasteiger partial charge in [0.25, 0.3) is 0 Å². The quantitative estimate of drug-likeness (QED) is 0.778. The third-order valence-electron chi connectivity index (χ3n) is 2.91. The van der Waals surface area contributed by atoms with Crippen molar-refractivity contribution >= 4 is 11.7 Å². The van der Waals surface area contributed by atoms with Crippen LogP contribution in [-0.2, 0) is 4.79 Å². The minimum Gasteiger partial charge on any atom is -0.480 e. The first-order valence-electron chi connectivity index (χ1n) is 5.99. The number of aliphatic carboxylic acids is 1. The summed E-state index contributed by atoms with van der Waals surface area (Å²) in [6.07, 6.45) is 0.497. The Hall–Kier alpha value is -1.62. The van der Waals surface area contributed by atoms with E-state index in [2.05, 4.69) is 5.32 Å². The zero-order valence-corrected chi connectivity index (χ0v) is 10.7. The lowest BCUT2D eigenvalue weighted by Crippen LogP contribution is -2.38. The lowest BCUT2D eigenvalue weighted by Gasteiger charge is -2.24. The molecule has 0 aromatic heterocycles. The van der Waals surface area contributed by atoms with E-state index < -0.39 is 12.0 Å². The standard InChI is InChI=1S/C13H19FN2O2/c1-3-16(9-8-12(15-2)13(17)18)11-6-4-10(14)5-7-11/h4-7,12,15H,3,8-9H2,1-2H3,(H,17,18). The molecule has 0 saturated heterocycles. The molecule has 4 nitrogen and oxygen atoms in total. The summed E-state index contributed by atoms with van der Waals surface area (Å²) in [5.41, 5.74) is 0.902. The smallest absolute Gasteiger partial charge is 0.320 e. The van der Waals surface area contributed by atoms with Gasteiger partial charge in [-0.1, -0.05) is 0 Å². The van der Waals surface area contributed by atoms with Gasteiger partial charge in [-0.25, -0.2) is 4.39 Å². The van der Waals surface area contributed by atoms with Crippen LogP contribution in [0.2, 0.25) is 0 Å². The number of nitrogens with one attached hydrogen (secondary N) is 1. The number of nitrogens with zero attached hydrogens (tertiary/aromatic N) is 1. The van der Waals surface area contributed by atoms with Crippen molar-refractivity contribution in [1.82, 2.24) is 5.32 Å². The van der Waals surface area contributed by atoms with Crippen molar-refractivity contribution in [3.8, 4) is 0 Å². The largest absolute Gasteiger partial charge is 0.480 e. The third-order valence-corrected chi connectivity index (χ3v) is 2.91. The normalized spacial score (nSPS) is 12.2. The van der Waals surface area contributed by atoms with Crippen LogP contribution in [0.1, 0.15) is 13.3 Å². The first-order chi connectivity index (χ1) is 8.58. The van der Waals surface area contributed by atoms with Crippen LogP contribution < -0.4 is 10.2 Å². The van der Waals surface area contributed by atoms with Crippen LogP contribution in [0, 0.1) is 5.82 Å². The SMILES string of the molecule is CCN(CCC(NC)C(=O)O)c1ccc(F)cc1. The van der Waals surface area contributed by atoms with E-state index in [1.807, 2.05) is 11.8 Å². The van der Waals surface area contributed by atoms with E-state index in [0.717, 1.165) is 12.2 Å². The molecule has 0 saturated carbocycles. The van der Waals surface area contributed by atoms with Crippen molar-refractivity contribution in [1.29, 1.82) is 0 Å². The van der Waals surface area contributed by atoms with Crippen molar-refractivity contribution in [3.63, 3.8) is 0 Å². The number of hydrogen-bond acceptors (Lipinski definition) is 3. The summed E-state index contributed by atoms with van der Waals surface area (Å²) in [4.78, 5) is 12.9. The van der Waals surface area contributed by atoms with Crippen LogP contribution in [0.3, 0.4) is 0 Å². The van der Waals surface area contributed by atoms with Crippen molar-refractivity contribution in [2.75, 3.05) is 25.0 Å². The van der Waals surface area contributed by atoms with Crippen LogP contribution in [0.4, 0.5) is 10.1 Å². The van der Waals surface area contributed by atoms with E-state index in [-0.39, 0.29) is 5.82 Å². The molecule has 0 heterocycles. The molecular formula is C13H19FN2O2. The van der Waals surface area contributed by atoms with Crippen LogP contribution in [0.25, 0.3) is 0 Å². The topological polar surface area (TPSA) is 52.6 Å². The number of carboxylic acids is 1. The second kappa shape index (κ2) is 6.96. The molecule has 0 radical (unpaired) electrons. The first kappa shape index (κ1) is 14.4. The maximum Gasteiger partial charge on any atom is 0.320 e. The van der Waals surface area contributed by atoms with Crippen molar-refractivity contribution < 1.29 is 14.3 Å². The molecular weight excluding hydrogens is 235 g/mol. The van der Waals surface area contributed by atoms with E-state index in [0.29, 0.717) is 13.0 Å². The highest BCUT2D eigenvalue weighted by molar-refractivity contribution is 5.73. The van der Waals surface area contributed by atoms with Crippen LogP contribution in [0.15, 0.2) is 24.3 Å². The molecule has 1 atom stereocenters. The minimum absolute atomic E-state index is 0.270. The molecule has 1 aromatic carbocycles. The molecule has 0 fully saturated rings. The van der Waals surface area contributed by atoms with Gasteiger partial charge in [-0.05, 0) is 44.7 Å². The molecule has 0 aliphatic carbocycles. The van der Waals surface area contributed by atoms with Crippen LogP contribution in [0.5, 0.6) is 0 Å². The van der Waals surface area contributed by atoms with E-state index in [4.69, 9.17) is 5.11 Å². The Labute approximate surface area is 106 Å². The summed E-state index contributed by atoms with van der Waals surface area (Å²) in [5, 5.41) is 11.7. The van der Waals surface area contributed by atoms with Crippen LogP contribution >= 0.6 is 0 Å². The molecule has 1 aromatic rings. The molecule has 0 amide bonds. The summed E-state index contributed by atoms with van der Waals surface area (Å²) in [5.74, 6) is -1.12. The summed E-state index contributed by atoms with van der Waals surface area (Å²) in [6, 6.07) is 5.66. The number of likely N-dealkylation sites (N-methyl/N-ethyl adjacent to an activating group) is 1. The average molecular weight is 254 g/mol. The van der Waals surface area contributed by atoms with Gasteiger partial charge in [0.05, 0.1) is 0 Å². The van der Waals surface area contributed by atoms with Gasteiger partial charge in [0.2, 0.25) is 0 Å². The predicted octanol–water partition coefficient (Wildman–Crippen LogP) is 1.71. The van der Waals surface area contributed by atoms with Crippen molar-refractivity contribution in [2.45, 2.75) is 19.4 Å². The second-order valence-corrected chi connectivity index (χ2v) is 4.02. The van der Waals surface area contributed by atoms with Crippen molar-refractivity contribution in [3.05, 3.63) is 30.1 Å². The zero-order valence-electron chi connectivity index (χ0n) is 10.7. The molecule has 0 spiro atoms. The van der Waals surface area contributed by atoms with Gasteiger partial charge >= 0.3 is 5.97 Å². The number of carboxylic acid groups (broad SMARTS) is 1. The third kappa shape index (κ3) is 4.00. The molecule has 0 bridgehead atoms. The molecule has 1 unspecified atom stereocenters. The predicted molar refractivity (Wildman–Crippen MR) is 69.4 cm³/mol. The highest BCUT2D eigenvalue weighted by Gasteiger charge is 2.16. The van der Waals surface area contributed by atoms with E-state index in [9.17, 15) is 9.18 Å². The Morgan fingerprint density at radius 2 is 2.06 bits per heavy atom. The number of halogens is 1. The van der Waals surface area contributed by atoms with Gasteiger partial charge in [-0.15, -0.1) is 0 Å². The van der Waals surface area contributed by atoms with Gasteiger partial charge < -0.3 is 15.3 Å². The minimum atomic E-state index is -0.854. The maximum atomic E-state index is 12.8. The fourth-order valence-corrected chi connectivity index (χ4v) is 1.80. The lowest BCUT2D eigenvalue weighted by atomic mass is 10.2. The highest BCUT2D eigenvalue weighted by atomic mass is 19.1. The molecule has 100 valence electrons. The van der Waals surface area contributed by atoms with Crippen LogP contribution in [-0.4, -0.2) is 37.3 Å². The number of hydrogen-bond donors (Lipinski definition) is 2. The Morgan fingerprint density at radius 3 is 2.50 bits per heavy atom. The Balaban J connectivity index is 2.62. The highest BCUT2D eigenvalue weighted by Crippen LogP contribution is 2.15. The Kier molecular flexibility index (Phi) is 5.58. The number of rotatable bonds is 7. The molecule has 2 N–H and O–H groups in total. The number of carbonyl (C=O) groups is 1. The average Bonchev–Trinajstić information content (AvgIpc) is 2.36.